The topological polar surface area (TPSA) is 75.6 Å². The summed E-state index contributed by atoms with van der Waals surface area (Å²) in [6, 6.07) is 4.85. The van der Waals surface area contributed by atoms with Crippen LogP contribution in [-0.2, 0) is 4.79 Å². The number of carboxylic acids is 1. The molecule has 0 aliphatic heterocycles. The number of ether oxygens (including phenoxy) is 1. The van der Waals surface area contributed by atoms with Crippen molar-refractivity contribution in [2.45, 2.75) is 33.2 Å². The minimum Gasteiger partial charge on any atom is -0.483 e. The van der Waals surface area contributed by atoms with Crippen LogP contribution in [0.2, 0.25) is 0 Å². The van der Waals surface area contributed by atoms with Crippen molar-refractivity contribution in [1.82, 2.24) is 5.32 Å². The number of hydrogen-bond donors (Lipinski definition) is 2. The summed E-state index contributed by atoms with van der Waals surface area (Å²) >= 11 is 0. The molecule has 1 atom stereocenters. The summed E-state index contributed by atoms with van der Waals surface area (Å²) in [5, 5.41) is 11.8. The maximum atomic E-state index is 11.6. The first-order chi connectivity index (χ1) is 8.93. The zero-order valence-corrected chi connectivity index (χ0v) is 11.4. The molecule has 1 aromatic rings. The van der Waals surface area contributed by atoms with Gasteiger partial charge in [0.1, 0.15) is 11.3 Å². The Hall–Kier alpha value is -2.04. The summed E-state index contributed by atoms with van der Waals surface area (Å²) in [7, 11) is 0. The largest absolute Gasteiger partial charge is 0.483 e. The lowest BCUT2D eigenvalue weighted by Gasteiger charge is -2.13. The van der Waals surface area contributed by atoms with Gasteiger partial charge in [-0.2, -0.15) is 0 Å². The number of nitrogens with one attached hydrogen (secondary N) is 1. The van der Waals surface area contributed by atoms with Crippen molar-refractivity contribution < 1.29 is 19.4 Å². The first-order valence-electron chi connectivity index (χ1n) is 6.20. The maximum absolute atomic E-state index is 11.6. The molecule has 104 valence electrons. The molecule has 1 amide bonds. The fourth-order valence-corrected chi connectivity index (χ4v) is 1.49. The van der Waals surface area contributed by atoms with Gasteiger partial charge in [-0.25, -0.2) is 4.79 Å². The van der Waals surface area contributed by atoms with Crippen molar-refractivity contribution in [2.75, 3.05) is 6.61 Å². The lowest BCUT2D eigenvalue weighted by molar-refractivity contribution is -0.123. The number of aryl methyl sites for hydroxylation is 1. The molecule has 0 spiro atoms. The molecule has 0 bridgehead atoms. The van der Waals surface area contributed by atoms with E-state index < -0.39 is 5.97 Å². The number of carbonyl (C=O) groups is 2. The minimum absolute atomic E-state index is 0.0574. The number of aromatic carboxylic acids is 1. The molecule has 0 saturated carbocycles. The quantitative estimate of drug-likeness (QED) is 0.824. The highest BCUT2D eigenvalue weighted by Gasteiger charge is 2.13. The third-order valence-corrected chi connectivity index (χ3v) is 2.75. The molecule has 0 fully saturated rings. The van der Waals surface area contributed by atoms with E-state index in [2.05, 4.69) is 5.32 Å². The number of carbonyl (C=O) groups excluding carboxylic acids is 1. The third kappa shape index (κ3) is 4.62. The SMILES string of the molecule is CC[C@@H](C)NC(=O)COc1cc(C)ccc1C(=O)O. The van der Waals surface area contributed by atoms with Crippen LogP contribution in [0.15, 0.2) is 18.2 Å². The van der Waals surface area contributed by atoms with Gasteiger partial charge in [0.15, 0.2) is 6.61 Å². The van der Waals surface area contributed by atoms with E-state index in [0.717, 1.165) is 12.0 Å². The molecule has 1 rings (SSSR count). The Bertz CT molecular complexity index is 471. The molecular weight excluding hydrogens is 246 g/mol. The van der Waals surface area contributed by atoms with E-state index in [0.29, 0.717) is 0 Å². The van der Waals surface area contributed by atoms with Crippen LogP contribution in [0, 0.1) is 6.92 Å². The van der Waals surface area contributed by atoms with Crippen LogP contribution in [0.4, 0.5) is 0 Å². The Balaban J connectivity index is 2.69. The lowest BCUT2D eigenvalue weighted by Crippen LogP contribution is -2.35. The van der Waals surface area contributed by atoms with Crippen molar-refractivity contribution in [1.29, 1.82) is 0 Å². The van der Waals surface area contributed by atoms with Crippen molar-refractivity contribution in [2.24, 2.45) is 0 Å². The number of rotatable bonds is 6. The van der Waals surface area contributed by atoms with Gasteiger partial charge in [-0.1, -0.05) is 13.0 Å². The van der Waals surface area contributed by atoms with Crippen molar-refractivity contribution in [3.63, 3.8) is 0 Å². The van der Waals surface area contributed by atoms with E-state index in [9.17, 15) is 9.59 Å². The summed E-state index contributed by atoms with van der Waals surface area (Å²) < 4.78 is 5.29. The molecule has 0 aliphatic rings. The van der Waals surface area contributed by atoms with Crippen molar-refractivity contribution >= 4 is 11.9 Å². The summed E-state index contributed by atoms with van der Waals surface area (Å²) in [4.78, 5) is 22.6. The highest BCUT2D eigenvalue weighted by Crippen LogP contribution is 2.20. The van der Waals surface area contributed by atoms with E-state index >= 15 is 0 Å². The van der Waals surface area contributed by atoms with Crippen molar-refractivity contribution in [3.8, 4) is 5.75 Å². The smallest absolute Gasteiger partial charge is 0.339 e. The Morgan fingerprint density at radius 3 is 2.68 bits per heavy atom. The van der Waals surface area contributed by atoms with Gasteiger partial charge < -0.3 is 15.2 Å². The lowest BCUT2D eigenvalue weighted by atomic mass is 10.1. The van der Waals surface area contributed by atoms with Crippen LogP contribution in [0.3, 0.4) is 0 Å². The van der Waals surface area contributed by atoms with Crippen LogP contribution in [0.25, 0.3) is 0 Å². The Labute approximate surface area is 112 Å². The minimum atomic E-state index is -1.07. The molecule has 1 aromatic carbocycles. The molecule has 0 aromatic heterocycles. The van der Waals surface area contributed by atoms with Crippen LogP contribution in [0.1, 0.15) is 36.2 Å². The summed E-state index contributed by atoms with van der Waals surface area (Å²) in [6.45, 7) is 5.51. The predicted octanol–water partition coefficient (Wildman–Crippen LogP) is 1.99. The van der Waals surface area contributed by atoms with Crippen LogP contribution in [-0.4, -0.2) is 29.6 Å². The van der Waals surface area contributed by atoms with Gasteiger partial charge in [-0.3, -0.25) is 4.79 Å². The van der Waals surface area contributed by atoms with Gasteiger partial charge in [-0.15, -0.1) is 0 Å². The Morgan fingerprint density at radius 1 is 1.42 bits per heavy atom. The molecule has 0 unspecified atom stereocenters. The highest BCUT2D eigenvalue weighted by atomic mass is 16.5. The Morgan fingerprint density at radius 2 is 2.11 bits per heavy atom. The van der Waals surface area contributed by atoms with Crippen LogP contribution in [0.5, 0.6) is 5.75 Å². The van der Waals surface area contributed by atoms with E-state index in [1.807, 2.05) is 20.8 Å². The molecule has 0 aliphatic carbocycles. The fourth-order valence-electron chi connectivity index (χ4n) is 1.49. The van der Waals surface area contributed by atoms with Crippen LogP contribution >= 0.6 is 0 Å². The molecule has 2 N–H and O–H groups in total. The third-order valence-electron chi connectivity index (χ3n) is 2.75. The number of hydrogen-bond acceptors (Lipinski definition) is 3. The zero-order valence-electron chi connectivity index (χ0n) is 11.4. The Kier molecular flexibility index (Phi) is 5.36. The van der Waals surface area contributed by atoms with Gasteiger partial charge in [0.05, 0.1) is 0 Å². The average Bonchev–Trinajstić information content (AvgIpc) is 2.35. The molecular formula is C14H19NO4. The van der Waals surface area contributed by atoms with Gasteiger partial charge >= 0.3 is 5.97 Å². The van der Waals surface area contributed by atoms with E-state index in [1.165, 1.54) is 6.07 Å². The molecule has 5 heteroatoms. The average molecular weight is 265 g/mol. The number of carboxylic acid groups (broad SMARTS) is 1. The number of benzene rings is 1. The predicted molar refractivity (Wildman–Crippen MR) is 71.5 cm³/mol. The number of amides is 1. The molecule has 19 heavy (non-hydrogen) atoms. The normalized spacial score (nSPS) is 11.7. The maximum Gasteiger partial charge on any atom is 0.339 e. The highest BCUT2D eigenvalue weighted by molar-refractivity contribution is 5.91. The molecule has 0 radical (unpaired) electrons. The fraction of sp³-hybridized carbons (Fsp3) is 0.429. The zero-order chi connectivity index (χ0) is 14.4. The second kappa shape index (κ2) is 6.78. The van der Waals surface area contributed by atoms with Gasteiger partial charge in [0.2, 0.25) is 0 Å². The second-order valence-electron chi connectivity index (χ2n) is 4.47. The molecule has 5 nitrogen and oxygen atoms in total. The first-order valence-corrected chi connectivity index (χ1v) is 6.20. The van der Waals surface area contributed by atoms with Gasteiger partial charge in [0, 0.05) is 6.04 Å². The summed E-state index contributed by atoms with van der Waals surface area (Å²) in [5.74, 6) is -1.11. The monoisotopic (exact) mass is 265 g/mol. The van der Waals surface area contributed by atoms with Crippen molar-refractivity contribution in [3.05, 3.63) is 29.3 Å². The summed E-state index contributed by atoms with van der Waals surface area (Å²) in [5.41, 5.74) is 0.935. The summed E-state index contributed by atoms with van der Waals surface area (Å²) in [6.07, 6.45) is 0.830. The molecule has 0 heterocycles. The van der Waals surface area contributed by atoms with Crippen LogP contribution < -0.4 is 10.1 Å². The van der Waals surface area contributed by atoms with Gasteiger partial charge in [-0.05, 0) is 38.0 Å². The second-order valence-corrected chi connectivity index (χ2v) is 4.47. The van der Waals surface area contributed by atoms with Gasteiger partial charge in [0.25, 0.3) is 5.91 Å². The standard InChI is InChI=1S/C14H19NO4/c1-4-10(3)15-13(16)8-19-12-7-9(2)5-6-11(12)14(17)18/h5-7,10H,4,8H2,1-3H3,(H,15,16)(H,17,18)/t10-/m1/s1. The van der Waals surface area contributed by atoms with E-state index in [4.69, 9.17) is 9.84 Å². The first kappa shape index (κ1) is 15.0. The molecule has 0 saturated heterocycles. The van der Waals surface area contributed by atoms with E-state index in [-0.39, 0.29) is 29.9 Å². The van der Waals surface area contributed by atoms with E-state index in [1.54, 1.807) is 12.1 Å².